The molecule has 1 saturated carbocycles. The molecule has 3 aromatic rings. The lowest BCUT2D eigenvalue weighted by atomic mass is 10.1. The van der Waals surface area contributed by atoms with Gasteiger partial charge in [0, 0.05) is 18.0 Å². The Labute approximate surface area is 121 Å². The van der Waals surface area contributed by atoms with Gasteiger partial charge >= 0.3 is 6.01 Å². The third-order valence-electron chi connectivity index (χ3n) is 3.59. The van der Waals surface area contributed by atoms with Crippen LogP contribution in [0, 0.1) is 0 Å². The van der Waals surface area contributed by atoms with Crippen LogP contribution in [0.3, 0.4) is 0 Å². The molecule has 1 aliphatic carbocycles. The third kappa shape index (κ3) is 2.52. The maximum absolute atomic E-state index is 5.21. The Morgan fingerprint density at radius 3 is 2.90 bits per heavy atom. The summed E-state index contributed by atoms with van der Waals surface area (Å²) < 4.78 is 5.21. The fourth-order valence-corrected chi connectivity index (χ4v) is 2.28. The molecule has 0 bridgehead atoms. The summed E-state index contributed by atoms with van der Waals surface area (Å²) in [5, 5.41) is 14.3. The molecule has 2 aromatic heterocycles. The molecule has 6 nitrogen and oxygen atoms in total. The van der Waals surface area contributed by atoms with Gasteiger partial charge < -0.3 is 9.84 Å². The van der Waals surface area contributed by atoms with Gasteiger partial charge in [0.25, 0.3) is 0 Å². The van der Waals surface area contributed by atoms with Crippen molar-refractivity contribution < 1.29 is 4.52 Å². The fourth-order valence-electron chi connectivity index (χ4n) is 2.28. The summed E-state index contributed by atoms with van der Waals surface area (Å²) in [6.07, 6.45) is 4.14. The van der Waals surface area contributed by atoms with E-state index in [2.05, 4.69) is 37.8 Å². The van der Waals surface area contributed by atoms with Crippen LogP contribution in [0.1, 0.15) is 30.1 Å². The molecule has 106 valence electrons. The smallest absolute Gasteiger partial charge is 0.321 e. The molecule has 0 atom stereocenters. The topological polar surface area (TPSA) is 79.6 Å². The molecule has 0 aliphatic heterocycles. The fraction of sp³-hybridized carbons (Fsp3) is 0.267. The Bertz CT molecular complexity index is 729. The molecule has 1 aliphatic rings. The van der Waals surface area contributed by atoms with Crippen LogP contribution in [0.15, 0.2) is 41.1 Å². The summed E-state index contributed by atoms with van der Waals surface area (Å²) in [5.74, 6) is 1.31. The average molecular weight is 281 g/mol. The predicted molar refractivity (Wildman–Crippen MR) is 77.6 cm³/mol. The highest BCUT2D eigenvalue weighted by Gasteiger charge is 2.28. The minimum atomic E-state index is 0.470. The van der Waals surface area contributed by atoms with E-state index < -0.39 is 0 Å². The van der Waals surface area contributed by atoms with Crippen LogP contribution in [-0.2, 0) is 6.54 Å². The molecule has 6 heteroatoms. The van der Waals surface area contributed by atoms with E-state index >= 15 is 0 Å². The summed E-state index contributed by atoms with van der Waals surface area (Å²) in [7, 11) is 0. The van der Waals surface area contributed by atoms with E-state index in [9.17, 15) is 0 Å². The van der Waals surface area contributed by atoms with Gasteiger partial charge in [-0.05, 0) is 18.4 Å². The van der Waals surface area contributed by atoms with Crippen LogP contribution in [0.25, 0.3) is 11.3 Å². The van der Waals surface area contributed by atoms with E-state index in [1.165, 1.54) is 12.8 Å². The zero-order valence-corrected chi connectivity index (χ0v) is 11.4. The van der Waals surface area contributed by atoms with Crippen molar-refractivity contribution in [1.82, 2.24) is 20.3 Å². The molecule has 0 unspecified atom stereocenters. The minimum absolute atomic E-state index is 0.470. The number of hydrogen-bond donors (Lipinski definition) is 2. The Balaban J connectivity index is 1.48. The molecule has 0 amide bonds. The molecule has 21 heavy (non-hydrogen) atoms. The van der Waals surface area contributed by atoms with Gasteiger partial charge in [-0.15, -0.1) is 0 Å². The summed E-state index contributed by atoms with van der Waals surface area (Å²) in [4.78, 5) is 4.35. The minimum Gasteiger partial charge on any atom is -0.334 e. The van der Waals surface area contributed by atoms with Crippen molar-refractivity contribution in [3.63, 3.8) is 0 Å². The van der Waals surface area contributed by atoms with Crippen molar-refractivity contribution in [3.8, 4) is 11.3 Å². The molecular weight excluding hydrogens is 266 g/mol. The summed E-state index contributed by atoms with van der Waals surface area (Å²) >= 11 is 0. The van der Waals surface area contributed by atoms with E-state index in [-0.39, 0.29) is 0 Å². The van der Waals surface area contributed by atoms with Gasteiger partial charge in [0.15, 0.2) is 5.82 Å². The number of nitrogens with one attached hydrogen (secondary N) is 2. The van der Waals surface area contributed by atoms with Gasteiger partial charge in [-0.2, -0.15) is 10.1 Å². The van der Waals surface area contributed by atoms with Gasteiger partial charge in [-0.1, -0.05) is 35.5 Å². The molecule has 1 aromatic carbocycles. The monoisotopic (exact) mass is 281 g/mol. The number of aromatic amines is 1. The van der Waals surface area contributed by atoms with Crippen molar-refractivity contribution in [1.29, 1.82) is 0 Å². The molecule has 2 N–H and O–H groups in total. The van der Waals surface area contributed by atoms with E-state index in [4.69, 9.17) is 4.52 Å². The first-order valence-corrected chi connectivity index (χ1v) is 7.05. The molecule has 1 fully saturated rings. The van der Waals surface area contributed by atoms with E-state index in [0.717, 1.165) is 22.6 Å². The lowest BCUT2D eigenvalue weighted by molar-refractivity contribution is 0.422. The second-order valence-corrected chi connectivity index (χ2v) is 5.22. The van der Waals surface area contributed by atoms with Crippen LogP contribution >= 0.6 is 0 Å². The first kappa shape index (κ1) is 12.1. The maximum atomic E-state index is 5.21. The van der Waals surface area contributed by atoms with E-state index in [1.807, 2.05) is 24.4 Å². The van der Waals surface area contributed by atoms with Crippen molar-refractivity contribution in [3.05, 3.63) is 47.9 Å². The van der Waals surface area contributed by atoms with Crippen molar-refractivity contribution in [2.75, 3.05) is 5.32 Å². The Morgan fingerprint density at radius 1 is 1.24 bits per heavy atom. The van der Waals surface area contributed by atoms with E-state index in [0.29, 0.717) is 18.5 Å². The van der Waals surface area contributed by atoms with Crippen LogP contribution in [-0.4, -0.2) is 20.3 Å². The van der Waals surface area contributed by atoms with Crippen LogP contribution in [0.5, 0.6) is 0 Å². The predicted octanol–water partition coefficient (Wildman–Crippen LogP) is 2.95. The number of benzene rings is 1. The Morgan fingerprint density at radius 2 is 2.10 bits per heavy atom. The first-order chi connectivity index (χ1) is 10.4. The number of hydrogen-bond acceptors (Lipinski definition) is 5. The molecule has 0 spiro atoms. The molecule has 0 radical (unpaired) electrons. The zero-order chi connectivity index (χ0) is 14.1. The molecule has 0 saturated heterocycles. The van der Waals surface area contributed by atoms with Crippen molar-refractivity contribution >= 4 is 6.01 Å². The molecule has 2 heterocycles. The third-order valence-corrected chi connectivity index (χ3v) is 3.59. The second kappa shape index (κ2) is 5.05. The van der Waals surface area contributed by atoms with Gasteiger partial charge in [0.05, 0.1) is 11.9 Å². The van der Waals surface area contributed by atoms with Crippen molar-refractivity contribution in [2.24, 2.45) is 0 Å². The highest BCUT2D eigenvalue weighted by Crippen LogP contribution is 2.38. The quantitative estimate of drug-likeness (QED) is 0.751. The average Bonchev–Trinajstić information content (AvgIpc) is 3.10. The summed E-state index contributed by atoms with van der Waals surface area (Å²) in [6, 6.07) is 10.6. The molecule has 4 rings (SSSR count). The Hall–Kier alpha value is -2.63. The van der Waals surface area contributed by atoms with Gasteiger partial charge in [-0.25, -0.2) is 0 Å². The van der Waals surface area contributed by atoms with Crippen LogP contribution in [0.2, 0.25) is 0 Å². The highest BCUT2D eigenvalue weighted by molar-refractivity contribution is 5.62. The largest absolute Gasteiger partial charge is 0.334 e. The van der Waals surface area contributed by atoms with E-state index in [1.54, 1.807) is 0 Å². The maximum Gasteiger partial charge on any atom is 0.321 e. The number of aromatic nitrogens is 4. The van der Waals surface area contributed by atoms with Crippen LogP contribution in [0.4, 0.5) is 6.01 Å². The van der Waals surface area contributed by atoms with Gasteiger partial charge in [0.1, 0.15) is 0 Å². The van der Waals surface area contributed by atoms with Gasteiger partial charge in [0.2, 0.25) is 0 Å². The summed E-state index contributed by atoms with van der Waals surface area (Å²) in [6.45, 7) is 0.590. The van der Waals surface area contributed by atoms with Crippen molar-refractivity contribution in [2.45, 2.75) is 25.3 Å². The van der Waals surface area contributed by atoms with Gasteiger partial charge in [-0.3, -0.25) is 5.10 Å². The second-order valence-electron chi connectivity index (χ2n) is 5.22. The SMILES string of the molecule is c1ccc(-c2[nH]ncc2CNc2nc(C3CC3)no2)cc1. The lowest BCUT2D eigenvalue weighted by Crippen LogP contribution is -2.00. The number of rotatable bonds is 5. The summed E-state index contributed by atoms with van der Waals surface area (Å²) in [5.41, 5.74) is 3.17. The highest BCUT2D eigenvalue weighted by atomic mass is 16.5. The van der Waals surface area contributed by atoms with Crippen LogP contribution < -0.4 is 5.32 Å². The number of anilines is 1. The standard InChI is InChI=1S/C15H15N5O/c1-2-4-10(5-3-1)13-12(9-17-19-13)8-16-15-18-14(20-21-15)11-6-7-11/h1-5,9,11H,6-8H2,(H,17,19)(H,16,18,20). The number of nitrogens with zero attached hydrogens (tertiary/aromatic N) is 3. The normalized spacial score (nSPS) is 14.3. The Kier molecular flexibility index (Phi) is 2.92. The number of H-pyrrole nitrogens is 1. The molecular formula is C15H15N5O. The zero-order valence-electron chi connectivity index (χ0n) is 11.4. The first-order valence-electron chi connectivity index (χ1n) is 7.05. The lowest BCUT2D eigenvalue weighted by Gasteiger charge is -2.03.